The Labute approximate surface area is 88.2 Å². The van der Waals surface area contributed by atoms with Gasteiger partial charge < -0.3 is 10.2 Å². The predicted molar refractivity (Wildman–Crippen MR) is 58.2 cm³/mol. The average Bonchev–Trinajstić information content (AvgIpc) is 2.66. The van der Waals surface area contributed by atoms with Crippen molar-refractivity contribution in [2.45, 2.75) is 19.8 Å². The van der Waals surface area contributed by atoms with Crippen LogP contribution in [-0.4, -0.2) is 9.97 Å². The van der Waals surface area contributed by atoms with Crippen LogP contribution in [0.15, 0.2) is 28.8 Å². The second kappa shape index (κ2) is 3.73. The van der Waals surface area contributed by atoms with E-state index in [1.54, 1.807) is 12.3 Å². The maximum Gasteiger partial charge on any atom is 0.197 e. The fraction of sp³-hybridized carbons (Fsp3) is 0.273. The lowest BCUT2D eigenvalue weighted by atomic mass is 10.2. The molecule has 0 aliphatic carbocycles. The van der Waals surface area contributed by atoms with Crippen LogP contribution >= 0.6 is 0 Å². The number of rotatable bonds is 2. The third-order valence-electron chi connectivity index (χ3n) is 2.04. The molecule has 0 amide bonds. The van der Waals surface area contributed by atoms with Gasteiger partial charge in [0.2, 0.25) is 0 Å². The van der Waals surface area contributed by atoms with Gasteiger partial charge in [0, 0.05) is 5.92 Å². The highest BCUT2D eigenvalue weighted by Crippen LogP contribution is 2.22. The van der Waals surface area contributed by atoms with Crippen molar-refractivity contribution >= 4 is 5.82 Å². The maximum absolute atomic E-state index is 5.59. The highest BCUT2D eigenvalue weighted by atomic mass is 16.4. The number of nitrogen functional groups attached to an aromatic ring is 1. The van der Waals surface area contributed by atoms with Crippen LogP contribution < -0.4 is 5.73 Å². The lowest BCUT2D eigenvalue weighted by molar-refractivity contribution is 0.480. The fourth-order valence-corrected chi connectivity index (χ4v) is 1.26. The van der Waals surface area contributed by atoms with Crippen LogP contribution in [0.4, 0.5) is 5.82 Å². The van der Waals surface area contributed by atoms with E-state index in [0.717, 1.165) is 5.69 Å². The Morgan fingerprint density at radius 2 is 2.13 bits per heavy atom. The Morgan fingerprint density at radius 3 is 2.73 bits per heavy atom. The minimum Gasteiger partial charge on any atom is -0.439 e. The molecule has 0 aliphatic heterocycles. The van der Waals surface area contributed by atoms with Crippen molar-refractivity contribution in [2.75, 3.05) is 5.73 Å². The molecule has 78 valence electrons. The summed E-state index contributed by atoms with van der Waals surface area (Å²) in [6, 6.07) is 5.43. The predicted octanol–water partition coefficient (Wildman–Crippen LogP) is 2.44. The van der Waals surface area contributed by atoms with E-state index in [1.165, 1.54) is 0 Å². The standard InChI is InChI=1S/C11H13N3O/c1-7(2)11-13-6-9(15-11)8-4-3-5-10(12)14-8/h3-7H,1-2H3,(H2,12,14). The van der Waals surface area contributed by atoms with Gasteiger partial charge in [0.25, 0.3) is 0 Å². The Bertz CT molecular complexity index is 462. The van der Waals surface area contributed by atoms with Crippen LogP contribution in [0.2, 0.25) is 0 Å². The molecule has 0 atom stereocenters. The van der Waals surface area contributed by atoms with Gasteiger partial charge in [-0.05, 0) is 12.1 Å². The number of hydrogen-bond donors (Lipinski definition) is 1. The topological polar surface area (TPSA) is 64.9 Å². The SMILES string of the molecule is CC(C)c1ncc(-c2cccc(N)n2)o1. The number of aromatic nitrogens is 2. The molecule has 4 heteroatoms. The molecule has 2 aromatic rings. The number of nitrogens with two attached hydrogens (primary N) is 1. The van der Waals surface area contributed by atoms with Crippen LogP contribution in [0, 0.1) is 0 Å². The van der Waals surface area contributed by atoms with E-state index in [1.807, 2.05) is 26.0 Å². The van der Waals surface area contributed by atoms with Gasteiger partial charge in [0.1, 0.15) is 11.5 Å². The minimum atomic E-state index is 0.278. The third kappa shape index (κ3) is 1.98. The van der Waals surface area contributed by atoms with Crippen molar-refractivity contribution in [2.24, 2.45) is 0 Å². The molecule has 0 fully saturated rings. The van der Waals surface area contributed by atoms with Gasteiger partial charge in [-0.1, -0.05) is 19.9 Å². The Morgan fingerprint density at radius 1 is 1.33 bits per heavy atom. The lowest BCUT2D eigenvalue weighted by Gasteiger charge is -1.98. The molecule has 0 saturated carbocycles. The smallest absolute Gasteiger partial charge is 0.197 e. The molecule has 4 nitrogen and oxygen atoms in total. The highest BCUT2D eigenvalue weighted by molar-refractivity contribution is 5.53. The van der Waals surface area contributed by atoms with E-state index in [4.69, 9.17) is 10.2 Å². The highest BCUT2D eigenvalue weighted by Gasteiger charge is 2.10. The van der Waals surface area contributed by atoms with Gasteiger partial charge in [0.15, 0.2) is 11.7 Å². The van der Waals surface area contributed by atoms with E-state index in [-0.39, 0.29) is 5.92 Å². The molecule has 2 N–H and O–H groups in total. The van der Waals surface area contributed by atoms with Crippen LogP contribution in [-0.2, 0) is 0 Å². The zero-order chi connectivity index (χ0) is 10.8. The molecule has 2 aromatic heterocycles. The Balaban J connectivity index is 2.37. The summed E-state index contributed by atoms with van der Waals surface area (Å²) < 4.78 is 5.56. The van der Waals surface area contributed by atoms with Gasteiger partial charge in [-0.15, -0.1) is 0 Å². The summed E-state index contributed by atoms with van der Waals surface area (Å²) in [6.07, 6.45) is 1.68. The van der Waals surface area contributed by atoms with Gasteiger partial charge in [-0.25, -0.2) is 9.97 Å². The number of nitrogens with zero attached hydrogens (tertiary/aromatic N) is 2. The number of oxazole rings is 1. The first kappa shape index (κ1) is 9.71. The molecule has 0 bridgehead atoms. The summed E-state index contributed by atoms with van der Waals surface area (Å²) in [7, 11) is 0. The van der Waals surface area contributed by atoms with E-state index in [2.05, 4.69) is 9.97 Å². The summed E-state index contributed by atoms with van der Waals surface area (Å²) in [6.45, 7) is 4.06. The average molecular weight is 203 g/mol. The maximum atomic E-state index is 5.59. The second-order valence-corrected chi connectivity index (χ2v) is 3.67. The molecule has 2 heterocycles. The normalized spacial score (nSPS) is 10.9. The molecule has 0 unspecified atom stereocenters. The second-order valence-electron chi connectivity index (χ2n) is 3.67. The van der Waals surface area contributed by atoms with Crippen molar-refractivity contribution < 1.29 is 4.42 Å². The van der Waals surface area contributed by atoms with Crippen molar-refractivity contribution in [3.8, 4) is 11.5 Å². The first-order valence-electron chi connectivity index (χ1n) is 4.85. The van der Waals surface area contributed by atoms with Gasteiger partial charge in [0.05, 0.1) is 6.20 Å². The molecule has 0 aromatic carbocycles. The summed E-state index contributed by atoms with van der Waals surface area (Å²) in [4.78, 5) is 8.33. The van der Waals surface area contributed by atoms with Crippen molar-refractivity contribution in [3.63, 3.8) is 0 Å². The van der Waals surface area contributed by atoms with Crippen molar-refractivity contribution in [3.05, 3.63) is 30.3 Å². The third-order valence-corrected chi connectivity index (χ3v) is 2.04. The van der Waals surface area contributed by atoms with Crippen LogP contribution in [0.1, 0.15) is 25.7 Å². The van der Waals surface area contributed by atoms with Crippen molar-refractivity contribution in [1.82, 2.24) is 9.97 Å². The molecule has 0 saturated heterocycles. The molecular formula is C11H13N3O. The summed E-state index contributed by atoms with van der Waals surface area (Å²) >= 11 is 0. The summed E-state index contributed by atoms with van der Waals surface area (Å²) in [5.74, 6) is 2.13. The quantitative estimate of drug-likeness (QED) is 0.814. The molecule has 0 radical (unpaired) electrons. The van der Waals surface area contributed by atoms with E-state index < -0.39 is 0 Å². The van der Waals surface area contributed by atoms with Crippen LogP contribution in [0.5, 0.6) is 0 Å². The largest absolute Gasteiger partial charge is 0.439 e. The molecule has 0 aliphatic rings. The van der Waals surface area contributed by atoms with Gasteiger partial charge in [-0.3, -0.25) is 0 Å². The minimum absolute atomic E-state index is 0.278. The molecule has 15 heavy (non-hydrogen) atoms. The first-order chi connectivity index (χ1) is 7.16. The molecular weight excluding hydrogens is 190 g/mol. The molecule has 0 spiro atoms. The van der Waals surface area contributed by atoms with Gasteiger partial charge in [-0.2, -0.15) is 0 Å². The number of pyridine rings is 1. The lowest BCUT2D eigenvalue weighted by Crippen LogP contribution is -1.90. The van der Waals surface area contributed by atoms with Gasteiger partial charge >= 0.3 is 0 Å². The Kier molecular flexibility index (Phi) is 2.41. The zero-order valence-corrected chi connectivity index (χ0v) is 8.77. The summed E-state index contributed by atoms with van der Waals surface area (Å²) in [5.41, 5.74) is 6.31. The first-order valence-corrected chi connectivity index (χ1v) is 4.85. The fourth-order valence-electron chi connectivity index (χ4n) is 1.26. The Hall–Kier alpha value is -1.84. The number of anilines is 1. The van der Waals surface area contributed by atoms with E-state index in [0.29, 0.717) is 17.5 Å². The van der Waals surface area contributed by atoms with E-state index in [9.17, 15) is 0 Å². The monoisotopic (exact) mass is 203 g/mol. The summed E-state index contributed by atoms with van der Waals surface area (Å²) in [5, 5.41) is 0. The van der Waals surface area contributed by atoms with E-state index >= 15 is 0 Å². The van der Waals surface area contributed by atoms with Crippen molar-refractivity contribution in [1.29, 1.82) is 0 Å². The number of hydrogen-bond acceptors (Lipinski definition) is 4. The molecule has 2 rings (SSSR count). The van der Waals surface area contributed by atoms with Crippen LogP contribution in [0.3, 0.4) is 0 Å². The zero-order valence-electron chi connectivity index (χ0n) is 8.77. The van der Waals surface area contributed by atoms with Crippen LogP contribution in [0.25, 0.3) is 11.5 Å².